The van der Waals surface area contributed by atoms with Crippen molar-refractivity contribution < 1.29 is 19.4 Å². The molecule has 14 heavy (non-hydrogen) atoms. The normalized spacial score (nSPS) is 33.5. The lowest BCUT2D eigenvalue weighted by Gasteiger charge is -2.29. The average molecular weight is 202 g/mol. The first-order valence-corrected chi connectivity index (χ1v) is 5.10. The molecule has 4 heteroatoms. The van der Waals surface area contributed by atoms with Crippen molar-refractivity contribution in [2.75, 3.05) is 13.2 Å². The Morgan fingerprint density at radius 2 is 2.36 bits per heavy atom. The Bertz CT molecular complexity index is 204. The highest BCUT2D eigenvalue weighted by Crippen LogP contribution is 2.25. The third-order valence-corrected chi connectivity index (χ3v) is 2.59. The zero-order chi connectivity index (χ0) is 10.6. The van der Waals surface area contributed by atoms with E-state index in [1.165, 1.54) is 0 Å². The second kappa shape index (κ2) is 4.75. The highest BCUT2D eigenvalue weighted by atomic mass is 16.6. The van der Waals surface area contributed by atoms with Gasteiger partial charge in [-0.2, -0.15) is 0 Å². The molecule has 82 valence electrons. The second-order valence-electron chi connectivity index (χ2n) is 3.69. The smallest absolute Gasteiger partial charge is 0.340 e. The molecule has 4 nitrogen and oxygen atoms in total. The fraction of sp³-hybridized carbons (Fsp3) is 0.900. The van der Waals surface area contributed by atoms with E-state index in [0.717, 1.165) is 12.8 Å². The van der Waals surface area contributed by atoms with Gasteiger partial charge >= 0.3 is 5.97 Å². The molecule has 0 aromatic rings. The van der Waals surface area contributed by atoms with Crippen LogP contribution < -0.4 is 0 Å². The Hall–Kier alpha value is -0.610. The maximum absolute atomic E-state index is 11.6. The molecule has 1 rings (SSSR count). The molecule has 0 bridgehead atoms. The first-order chi connectivity index (χ1) is 6.61. The predicted molar refractivity (Wildman–Crippen MR) is 50.8 cm³/mol. The number of ether oxygens (including phenoxy) is 2. The molecule has 2 atom stereocenters. The van der Waals surface area contributed by atoms with E-state index in [1.54, 1.807) is 13.8 Å². The maximum atomic E-state index is 11.6. The topological polar surface area (TPSA) is 55.8 Å². The van der Waals surface area contributed by atoms with Crippen LogP contribution in [0.5, 0.6) is 0 Å². The Morgan fingerprint density at radius 1 is 1.64 bits per heavy atom. The zero-order valence-electron chi connectivity index (χ0n) is 8.78. The fourth-order valence-electron chi connectivity index (χ4n) is 1.56. The van der Waals surface area contributed by atoms with Crippen LogP contribution in [0.15, 0.2) is 0 Å². The summed E-state index contributed by atoms with van der Waals surface area (Å²) in [4.78, 5) is 11.6. The standard InChI is InChI=1S/C10H18O4/c1-3-13-9(12)10(2)8(11)6-4-5-7-14-10/h8,11H,3-7H2,1-2H3/t8-,10+/m0/s1. The van der Waals surface area contributed by atoms with E-state index in [2.05, 4.69) is 0 Å². The number of hydrogen-bond acceptors (Lipinski definition) is 4. The van der Waals surface area contributed by atoms with E-state index >= 15 is 0 Å². The van der Waals surface area contributed by atoms with Gasteiger partial charge in [0.05, 0.1) is 12.7 Å². The molecule has 1 aliphatic heterocycles. The minimum atomic E-state index is -1.17. The van der Waals surface area contributed by atoms with Crippen LogP contribution in [0, 0.1) is 0 Å². The van der Waals surface area contributed by atoms with E-state index in [1.807, 2.05) is 0 Å². The molecule has 0 radical (unpaired) electrons. The summed E-state index contributed by atoms with van der Waals surface area (Å²) in [5, 5.41) is 9.78. The van der Waals surface area contributed by atoms with Crippen LogP contribution in [0.2, 0.25) is 0 Å². The Kier molecular flexibility index (Phi) is 3.89. The first-order valence-electron chi connectivity index (χ1n) is 5.10. The average Bonchev–Trinajstić information content (AvgIpc) is 2.31. The van der Waals surface area contributed by atoms with Gasteiger partial charge in [0, 0.05) is 6.61 Å². The van der Waals surface area contributed by atoms with Gasteiger partial charge in [0.2, 0.25) is 0 Å². The SMILES string of the molecule is CCOC(=O)[C@]1(C)OCCCC[C@@H]1O. The molecular weight excluding hydrogens is 184 g/mol. The van der Waals surface area contributed by atoms with Crippen molar-refractivity contribution in [1.29, 1.82) is 0 Å². The summed E-state index contributed by atoms with van der Waals surface area (Å²) >= 11 is 0. The second-order valence-corrected chi connectivity index (χ2v) is 3.69. The summed E-state index contributed by atoms with van der Waals surface area (Å²) in [6, 6.07) is 0. The molecule has 1 fully saturated rings. The van der Waals surface area contributed by atoms with Gasteiger partial charge in [0.15, 0.2) is 5.60 Å². The van der Waals surface area contributed by atoms with Crippen molar-refractivity contribution in [2.45, 2.75) is 44.8 Å². The molecule has 0 saturated carbocycles. The summed E-state index contributed by atoms with van der Waals surface area (Å²) in [5.41, 5.74) is -1.17. The zero-order valence-corrected chi connectivity index (χ0v) is 8.78. The van der Waals surface area contributed by atoms with Gasteiger partial charge in [-0.05, 0) is 33.1 Å². The maximum Gasteiger partial charge on any atom is 0.340 e. The predicted octanol–water partition coefficient (Wildman–Crippen LogP) is 0.870. The van der Waals surface area contributed by atoms with Crippen molar-refractivity contribution in [3.8, 4) is 0 Å². The van der Waals surface area contributed by atoms with Gasteiger partial charge in [-0.1, -0.05) is 0 Å². The first kappa shape index (κ1) is 11.5. The van der Waals surface area contributed by atoms with Crippen molar-refractivity contribution in [3.05, 3.63) is 0 Å². The summed E-state index contributed by atoms with van der Waals surface area (Å²) in [6.45, 7) is 4.15. The molecule has 1 heterocycles. The summed E-state index contributed by atoms with van der Waals surface area (Å²) < 4.78 is 10.3. The lowest BCUT2D eigenvalue weighted by molar-refractivity contribution is -0.183. The molecule has 0 aromatic heterocycles. The third kappa shape index (κ3) is 2.25. The van der Waals surface area contributed by atoms with Crippen LogP contribution in [0.3, 0.4) is 0 Å². The van der Waals surface area contributed by atoms with E-state index in [4.69, 9.17) is 9.47 Å². The molecule has 1 N–H and O–H groups in total. The minimum absolute atomic E-state index is 0.310. The van der Waals surface area contributed by atoms with Crippen LogP contribution in [-0.2, 0) is 14.3 Å². The van der Waals surface area contributed by atoms with Gasteiger partial charge in [-0.25, -0.2) is 4.79 Å². The van der Waals surface area contributed by atoms with Crippen molar-refractivity contribution in [1.82, 2.24) is 0 Å². The molecule has 0 amide bonds. The quantitative estimate of drug-likeness (QED) is 0.675. The van der Waals surface area contributed by atoms with Crippen LogP contribution in [0.25, 0.3) is 0 Å². The highest BCUT2D eigenvalue weighted by Gasteiger charge is 2.44. The largest absolute Gasteiger partial charge is 0.464 e. The van der Waals surface area contributed by atoms with Crippen LogP contribution in [0.4, 0.5) is 0 Å². The highest BCUT2D eigenvalue weighted by molar-refractivity contribution is 5.80. The van der Waals surface area contributed by atoms with Gasteiger partial charge in [0.1, 0.15) is 0 Å². The number of aliphatic hydroxyl groups excluding tert-OH is 1. The van der Waals surface area contributed by atoms with Crippen LogP contribution >= 0.6 is 0 Å². The van der Waals surface area contributed by atoms with Crippen molar-refractivity contribution >= 4 is 5.97 Å². The van der Waals surface area contributed by atoms with Crippen molar-refractivity contribution in [3.63, 3.8) is 0 Å². The number of hydrogen-bond donors (Lipinski definition) is 1. The minimum Gasteiger partial charge on any atom is -0.464 e. The Balaban J connectivity index is 2.71. The van der Waals surface area contributed by atoms with Gasteiger partial charge in [0.25, 0.3) is 0 Å². The van der Waals surface area contributed by atoms with E-state index in [9.17, 15) is 9.90 Å². The van der Waals surface area contributed by atoms with Crippen molar-refractivity contribution in [2.24, 2.45) is 0 Å². The molecular formula is C10H18O4. The fourth-order valence-corrected chi connectivity index (χ4v) is 1.56. The van der Waals surface area contributed by atoms with E-state index < -0.39 is 17.7 Å². The summed E-state index contributed by atoms with van der Waals surface area (Å²) in [7, 11) is 0. The van der Waals surface area contributed by atoms with Gasteiger partial charge < -0.3 is 14.6 Å². The van der Waals surface area contributed by atoms with Gasteiger partial charge in [-0.15, -0.1) is 0 Å². The summed E-state index contributed by atoms with van der Waals surface area (Å²) in [6.07, 6.45) is 1.60. The van der Waals surface area contributed by atoms with E-state index in [0.29, 0.717) is 19.6 Å². The van der Waals surface area contributed by atoms with Crippen LogP contribution in [0.1, 0.15) is 33.1 Å². The number of carbonyl (C=O) groups excluding carboxylic acids is 1. The number of rotatable bonds is 2. The number of aliphatic hydroxyl groups is 1. The summed E-state index contributed by atoms with van der Waals surface area (Å²) in [5.74, 6) is -0.464. The Labute approximate surface area is 84.2 Å². The molecule has 0 spiro atoms. The molecule has 1 saturated heterocycles. The van der Waals surface area contributed by atoms with Gasteiger partial charge in [-0.3, -0.25) is 0 Å². The lowest BCUT2D eigenvalue weighted by Crippen LogP contribution is -2.49. The molecule has 0 aliphatic carbocycles. The lowest BCUT2D eigenvalue weighted by atomic mass is 9.96. The monoisotopic (exact) mass is 202 g/mol. The number of esters is 1. The molecule has 1 aliphatic rings. The molecule has 0 unspecified atom stereocenters. The molecule has 0 aromatic carbocycles. The van der Waals surface area contributed by atoms with Crippen LogP contribution in [-0.4, -0.2) is 36.0 Å². The number of carbonyl (C=O) groups is 1. The van der Waals surface area contributed by atoms with E-state index in [-0.39, 0.29) is 0 Å². The Morgan fingerprint density at radius 3 is 3.00 bits per heavy atom. The third-order valence-electron chi connectivity index (χ3n) is 2.59.